The average molecular weight is 461 g/mol. The SMILES string of the molecule is CCCOC(Cc1ccc(OCCCCC2c3ccccc3Oc3ccccc32)cc1)C(=O)O. The van der Waals surface area contributed by atoms with Crippen LogP contribution >= 0.6 is 0 Å². The predicted molar refractivity (Wildman–Crippen MR) is 132 cm³/mol. The smallest absolute Gasteiger partial charge is 0.333 e. The Hall–Kier alpha value is -3.31. The number of carboxylic acids is 1. The highest BCUT2D eigenvalue weighted by atomic mass is 16.5. The Labute approximate surface area is 201 Å². The monoisotopic (exact) mass is 460 g/mol. The first kappa shape index (κ1) is 23.8. The van der Waals surface area contributed by atoms with E-state index >= 15 is 0 Å². The van der Waals surface area contributed by atoms with E-state index in [1.54, 1.807) is 0 Å². The summed E-state index contributed by atoms with van der Waals surface area (Å²) in [6.45, 7) is 3.05. The molecule has 0 amide bonds. The van der Waals surface area contributed by atoms with Crippen LogP contribution in [0, 0.1) is 0 Å². The minimum Gasteiger partial charge on any atom is -0.494 e. The number of fused-ring (bicyclic) bond motifs is 2. The fourth-order valence-corrected chi connectivity index (χ4v) is 4.37. The van der Waals surface area contributed by atoms with Crippen molar-refractivity contribution in [1.82, 2.24) is 0 Å². The Bertz CT molecular complexity index is 1030. The molecule has 0 aliphatic carbocycles. The molecule has 1 aliphatic rings. The number of hydrogen-bond acceptors (Lipinski definition) is 4. The molecule has 4 rings (SSSR count). The van der Waals surface area contributed by atoms with Crippen LogP contribution in [0.3, 0.4) is 0 Å². The molecule has 0 saturated heterocycles. The maximum absolute atomic E-state index is 11.4. The van der Waals surface area contributed by atoms with Crippen molar-refractivity contribution in [3.05, 3.63) is 89.5 Å². The molecule has 3 aromatic carbocycles. The summed E-state index contributed by atoms with van der Waals surface area (Å²) in [4.78, 5) is 11.4. The standard InChI is InChI=1S/C29H32O5/c1-2-18-33-28(29(30)31)20-21-14-16-22(17-15-21)32-19-8-7-9-23-24-10-3-5-12-26(24)34-27-13-6-4-11-25(23)27/h3-6,10-17,23,28H,2,7-9,18-20H2,1H3,(H,30,31). The van der Waals surface area contributed by atoms with Gasteiger partial charge < -0.3 is 19.3 Å². The van der Waals surface area contributed by atoms with Crippen molar-refractivity contribution in [2.75, 3.05) is 13.2 Å². The zero-order valence-corrected chi connectivity index (χ0v) is 19.6. The summed E-state index contributed by atoms with van der Waals surface area (Å²) in [5.41, 5.74) is 3.42. The van der Waals surface area contributed by atoms with Crippen LogP contribution in [0.4, 0.5) is 0 Å². The van der Waals surface area contributed by atoms with Gasteiger partial charge in [0.25, 0.3) is 0 Å². The summed E-state index contributed by atoms with van der Waals surface area (Å²) in [6.07, 6.45) is 3.37. The van der Waals surface area contributed by atoms with Crippen LogP contribution in [0.5, 0.6) is 17.2 Å². The largest absolute Gasteiger partial charge is 0.494 e. The van der Waals surface area contributed by atoms with Gasteiger partial charge >= 0.3 is 5.97 Å². The molecule has 1 unspecified atom stereocenters. The molecule has 1 atom stereocenters. The number of carboxylic acid groups (broad SMARTS) is 1. The second kappa shape index (κ2) is 11.7. The number of unbranched alkanes of at least 4 members (excludes halogenated alkanes) is 1. The maximum atomic E-state index is 11.4. The van der Waals surface area contributed by atoms with E-state index in [0.717, 1.165) is 48.5 Å². The maximum Gasteiger partial charge on any atom is 0.333 e. The number of hydrogen-bond donors (Lipinski definition) is 1. The highest BCUT2D eigenvalue weighted by Crippen LogP contribution is 2.45. The number of benzene rings is 3. The van der Waals surface area contributed by atoms with Crippen LogP contribution in [0.15, 0.2) is 72.8 Å². The van der Waals surface area contributed by atoms with Gasteiger partial charge in [-0.1, -0.05) is 55.5 Å². The number of ether oxygens (including phenoxy) is 3. The minimum atomic E-state index is -0.927. The van der Waals surface area contributed by atoms with E-state index in [1.165, 1.54) is 11.1 Å². The lowest BCUT2D eigenvalue weighted by Crippen LogP contribution is -2.26. The normalized spacial score (nSPS) is 13.4. The molecule has 3 aromatic rings. The summed E-state index contributed by atoms with van der Waals surface area (Å²) < 4.78 is 17.5. The first-order valence-electron chi connectivity index (χ1n) is 12.1. The number of carbonyl (C=O) groups is 1. The van der Waals surface area contributed by atoms with Gasteiger partial charge in [0.05, 0.1) is 6.61 Å². The van der Waals surface area contributed by atoms with Crippen LogP contribution in [0.2, 0.25) is 0 Å². The molecule has 0 saturated carbocycles. The molecule has 178 valence electrons. The third-order valence-corrected chi connectivity index (χ3v) is 6.11. The predicted octanol–water partition coefficient (Wildman–Crippen LogP) is 6.60. The molecule has 1 N–H and O–H groups in total. The van der Waals surface area contributed by atoms with Crippen molar-refractivity contribution in [2.45, 2.75) is 51.0 Å². The third kappa shape index (κ3) is 5.97. The average Bonchev–Trinajstić information content (AvgIpc) is 2.86. The van der Waals surface area contributed by atoms with Gasteiger partial charge in [0.1, 0.15) is 17.2 Å². The number of para-hydroxylation sites is 2. The molecule has 5 heteroatoms. The van der Waals surface area contributed by atoms with Crippen molar-refractivity contribution >= 4 is 5.97 Å². The van der Waals surface area contributed by atoms with Gasteiger partial charge in [-0.25, -0.2) is 4.79 Å². The summed E-state index contributed by atoms with van der Waals surface area (Å²) in [6, 6.07) is 24.2. The van der Waals surface area contributed by atoms with Crippen molar-refractivity contribution < 1.29 is 24.1 Å². The van der Waals surface area contributed by atoms with E-state index in [-0.39, 0.29) is 0 Å². The lowest BCUT2D eigenvalue weighted by atomic mass is 9.84. The molecular formula is C29H32O5. The lowest BCUT2D eigenvalue weighted by molar-refractivity contribution is -0.150. The van der Waals surface area contributed by atoms with Gasteiger partial charge in [-0.3, -0.25) is 0 Å². The van der Waals surface area contributed by atoms with E-state index < -0.39 is 12.1 Å². The first-order chi connectivity index (χ1) is 16.7. The van der Waals surface area contributed by atoms with Crippen molar-refractivity contribution in [3.8, 4) is 17.2 Å². The topological polar surface area (TPSA) is 65.0 Å². The second-order valence-electron chi connectivity index (χ2n) is 8.62. The zero-order valence-electron chi connectivity index (χ0n) is 19.6. The van der Waals surface area contributed by atoms with Gasteiger partial charge in [0.2, 0.25) is 0 Å². The fraction of sp³-hybridized carbons (Fsp3) is 0.345. The molecule has 1 aliphatic heterocycles. The minimum absolute atomic E-state index is 0.331. The van der Waals surface area contributed by atoms with E-state index in [4.69, 9.17) is 14.2 Å². The van der Waals surface area contributed by atoms with Gasteiger partial charge in [0.15, 0.2) is 6.10 Å². The molecule has 0 bridgehead atoms. The molecule has 0 fully saturated rings. The Morgan fingerprint density at radius 1 is 0.912 bits per heavy atom. The zero-order chi connectivity index (χ0) is 23.8. The highest BCUT2D eigenvalue weighted by Gasteiger charge is 2.26. The molecule has 0 aromatic heterocycles. The van der Waals surface area contributed by atoms with Crippen LogP contribution in [-0.4, -0.2) is 30.4 Å². The molecule has 5 nitrogen and oxygen atoms in total. The van der Waals surface area contributed by atoms with E-state index in [1.807, 2.05) is 55.5 Å². The van der Waals surface area contributed by atoms with Gasteiger partial charge in [0, 0.05) is 30.1 Å². The Morgan fingerprint density at radius 3 is 2.18 bits per heavy atom. The third-order valence-electron chi connectivity index (χ3n) is 6.11. The lowest BCUT2D eigenvalue weighted by Gasteiger charge is -2.28. The summed E-state index contributed by atoms with van der Waals surface area (Å²) in [5.74, 6) is 2.11. The summed E-state index contributed by atoms with van der Waals surface area (Å²) in [7, 11) is 0. The number of aliphatic carboxylic acids is 1. The van der Waals surface area contributed by atoms with E-state index in [0.29, 0.717) is 25.6 Å². The first-order valence-corrected chi connectivity index (χ1v) is 12.1. The Balaban J connectivity index is 1.26. The van der Waals surface area contributed by atoms with Crippen molar-refractivity contribution in [3.63, 3.8) is 0 Å². The summed E-state index contributed by atoms with van der Waals surface area (Å²) in [5, 5.41) is 9.33. The van der Waals surface area contributed by atoms with Gasteiger partial charge in [-0.05, 0) is 55.5 Å². The fourth-order valence-electron chi connectivity index (χ4n) is 4.37. The van der Waals surface area contributed by atoms with Crippen LogP contribution in [-0.2, 0) is 16.0 Å². The molecule has 0 radical (unpaired) electrons. The second-order valence-corrected chi connectivity index (χ2v) is 8.62. The van der Waals surface area contributed by atoms with E-state index in [9.17, 15) is 9.90 Å². The quantitative estimate of drug-likeness (QED) is 0.309. The Kier molecular flexibility index (Phi) is 8.21. The summed E-state index contributed by atoms with van der Waals surface area (Å²) >= 11 is 0. The van der Waals surface area contributed by atoms with Crippen LogP contribution < -0.4 is 9.47 Å². The van der Waals surface area contributed by atoms with Crippen molar-refractivity contribution in [2.24, 2.45) is 0 Å². The molecule has 34 heavy (non-hydrogen) atoms. The number of rotatable bonds is 12. The highest BCUT2D eigenvalue weighted by molar-refractivity contribution is 5.72. The molecular weight excluding hydrogens is 428 g/mol. The van der Waals surface area contributed by atoms with Crippen LogP contribution in [0.1, 0.15) is 55.2 Å². The van der Waals surface area contributed by atoms with Gasteiger partial charge in [-0.2, -0.15) is 0 Å². The molecule has 0 spiro atoms. The van der Waals surface area contributed by atoms with E-state index in [2.05, 4.69) is 24.3 Å². The Morgan fingerprint density at radius 2 is 1.56 bits per heavy atom. The van der Waals surface area contributed by atoms with Crippen LogP contribution in [0.25, 0.3) is 0 Å². The van der Waals surface area contributed by atoms with Gasteiger partial charge in [-0.15, -0.1) is 0 Å². The van der Waals surface area contributed by atoms with Crippen molar-refractivity contribution in [1.29, 1.82) is 0 Å². The molecule has 1 heterocycles.